The summed E-state index contributed by atoms with van der Waals surface area (Å²) in [7, 11) is 1.30. The number of amides is 2. The van der Waals surface area contributed by atoms with Crippen molar-refractivity contribution in [2.75, 3.05) is 18.6 Å². The van der Waals surface area contributed by atoms with Crippen LogP contribution in [0, 0.1) is 0 Å². The van der Waals surface area contributed by atoms with Gasteiger partial charge in [0.1, 0.15) is 35.4 Å². The summed E-state index contributed by atoms with van der Waals surface area (Å²) in [6.45, 7) is 0. The summed E-state index contributed by atoms with van der Waals surface area (Å²) in [5.41, 5.74) is 9.09. The fraction of sp³-hybridized carbons (Fsp3) is 0.179. The summed E-state index contributed by atoms with van der Waals surface area (Å²) < 4.78 is 6.79. The van der Waals surface area contributed by atoms with Crippen molar-refractivity contribution in [1.29, 1.82) is 0 Å². The monoisotopic (exact) mass is 665 g/mol. The zero-order chi connectivity index (χ0) is 30.6. The van der Waals surface area contributed by atoms with Crippen LogP contribution in [0.2, 0.25) is 0 Å². The van der Waals surface area contributed by atoms with Crippen molar-refractivity contribution in [3.63, 3.8) is 0 Å². The molecule has 3 N–H and O–H groups in total. The Bertz CT molecular complexity index is 1690. The number of fused-ring (bicyclic) bond motifs is 1. The van der Waals surface area contributed by atoms with E-state index in [0.717, 1.165) is 22.5 Å². The third-order valence-electron chi connectivity index (χ3n) is 6.56. The molecule has 6 rings (SSSR count). The number of carbonyl (C=O) groups is 3. The van der Waals surface area contributed by atoms with Crippen molar-refractivity contribution >= 4 is 74.8 Å². The number of hydrogen-bond acceptors (Lipinski definition) is 14. The van der Waals surface area contributed by atoms with E-state index in [1.54, 1.807) is 10.9 Å². The molecular formula is C28H23N7O5S4. The molecule has 1 saturated heterocycles. The molecule has 2 aromatic heterocycles. The highest BCUT2D eigenvalue weighted by Gasteiger charge is 2.55. The predicted molar refractivity (Wildman–Crippen MR) is 169 cm³/mol. The van der Waals surface area contributed by atoms with Crippen LogP contribution in [-0.4, -0.2) is 67.9 Å². The zero-order valence-electron chi connectivity index (χ0n) is 22.9. The first-order chi connectivity index (χ1) is 21.4. The lowest BCUT2D eigenvalue weighted by molar-refractivity contribution is -0.154. The molecule has 0 aliphatic carbocycles. The number of nitrogen functional groups attached to an aromatic ring is 1. The van der Waals surface area contributed by atoms with Gasteiger partial charge in [0, 0.05) is 16.0 Å². The Balaban J connectivity index is 1.29. The molecule has 1 fully saturated rings. The van der Waals surface area contributed by atoms with Crippen molar-refractivity contribution in [1.82, 2.24) is 25.4 Å². The maximum atomic E-state index is 14.1. The fourth-order valence-corrected chi connectivity index (χ4v) is 8.28. The molecule has 0 bridgehead atoms. The number of thiazole rings is 1. The van der Waals surface area contributed by atoms with Crippen molar-refractivity contribution in [2.45, 2.75) is 21.9 Å². The van der Waals surface area contributed by atoms with Gasteiger partial charge >= 0.3 is 5.97 Å². The van der Waals surface area contributed by atoms with Gasteiger partial charge in [0.15, 0.2) is 21.3 Å². The number of benzene rings is 2. The number of oxime groups is 1. The van der Waals surface area contributed by atoms with Gasteiger partial charge in [-0.25, -0.2) is 9.78 Å². The molecule has 0 radical (unpaired) electrons. The Hall–Kier alpha value is -4.25. The molecule has 0 unspecified atom stereocenters. The van der Waals surface area contributed by atoms with E-state index < -0.39 is 35.3 Å². The van der Waals surface area contributed by atoms with E-state index in [2.05, 4.69) is 25.7 Å². The van der Waals surface area contributed by atoms with Crippen LogP contribution in [0.3, 0.4) is 0 Å². The van der Waals surface area contributed by atoms with Crippen LogP contribution in [0.4, 0.5) is 5.13 Å². The summed E-state index contributed by atoms with van der Waals surface area (Å²) in [6, 6.07) is 17.8. The molecule has 4 heterocycles. The Labute approximate surface area is 267 Å². The SMILES string of the molecule is CO/N=C(\C(=O)N[C@@H]1C(=O)N2C(C(=O)OC(c3ccccc3)c3ccccc3)=C(Sc3nncs3)CS[C@H]12)c1csc(N)n1. The molecule has 2 aliphatic heterocycles. The van der Waals surface area contributed by atoms with E-state index in [9.17, 15) is 14.4 Å². The minimum atomic E-state index is -0.930. The van der Waals surface area contributed by atoms with Crippen molar-refractivity contribution in [3.05, 3.63) is 99.0 Å². The molecule has 2 atom stereocenters. The lowest BCUT2D eigenvalue weighted by Crippen LogP contribution is -2.71. The molecule has 16 heteroatoms. The van der Waals surface area contributed by atoms with Crippen molar-refractivity contribution in [2.24, 2.45) is 5.16 Å². The van der Waals surface area contributed by atoms with E-state index in [1.165, 1.54) is 46.9 Å². The predicted octanol–water partition coefficient (Wildman–Crippen LogP) is 3.66. The summed E-state index contributed by atoms with van der Waals surface area (Å²) in [6.07, 6.45) is -0.719. The first-order valence-corrected chi connectivity index (χ1v) is 16.6. The van der Waals surface area contributed by atoms with Gasteiger partial charge in [0.2, 0.25) is 0 Å². The average Bonchev–Trinajstić information content (AvgIpc) is 3.73. The highest BCUT2D eigenvalue weighted by molar-refractivity contribution is 8.07. The number of anilines is 1. The number of aromatic nitrogens is 3. The summed E-state index contributed by atoms with van der Waals surface area (Å²) in [5.74, 6) is -1.43. The van der Waals surface area contributed by atoms with Gasteiger partial charge in [-0.15, -0.1) is 33.3 Å². The lowest BCUT2D eigenvalue weighted by Gasteiger charge is -2.49. The molecule has 224 valence electrons. The first kappa shape index (κ1) is 29.8. The number of rotatable bonds is 10. The molecule has 2 amide bonds. The number of hydrogen-bond donors (Lipinski definition) is 2. The second-order valence-corrected chi connectivity index (χ2v) is 13.4. The Kier molecular flexibility index (Phi) is 8.92. The van der Waals surface area contributed by atoms with Gasteiger partial charge in [0.05, 0.1) is 0 Å². The summed E-state index contributed by atoms with van der Waals surface area (Å²) in [5, 5.41) is 15.8. The number of carbonyl (C=O) groups excluding carboxylic acids is 3. The van der Waals surface area contributed by atoms with E-state index in [4.69, 9.17) is 15.3 Å². The van der Waals surface area contributed by atoms with Crippen LogP contribution in [0.5, 0.6) is 0 Å². The largest absolute Gasteiger partial charge is 0.448 e. The molecule has 4 aromatic rings. The summed E-state index contributed by atoms with van der Waals surface area (Å²) in [4.78, 5) is 51.9. The number of β-lactam (4-membered cyclic amide) rings is 1. The van der Waals surface area contributed by atoms with Crippen LogP contribution in [-0.2, 0) is 24.0 Å². The number of nitrogens with one attached hydrogen (secondary N) is 1. The third-order valence-corrected chi connectivity index (χ3v) is 10.6. The Morgan fingerprint density at radius 1 is 1.11 bits per heavy atom. The van der Waals surface area contributed by atoms with Gasteiger partial charge in [0.25, 0.3) is 11.8 Å². The second-order valence-electron chi connectivity index (χ2n) is 9.24. The number of esters is 1. The molecule has 0 spiro atoms. The van der Waals surface area contributed by atoms with Crippen LogP contribution in [0.1, 0.15) is 22.9 Å². The number of nitrogens with zero attached hydrogens (tertiary/aromatic N) is 5. The average molecular weight is 666 g/mol. The first-order valence-electron chi connectivity index (χ1n) is 13.0. The normalized spacial score (nSPS) is 18.1. The van der Waals surface area contributed by atoms with Gasteiger partial charge in [-0.2, -0.15) is 0 Å². The topological polar surface area (TPSA) is 162 Å². The van der Waals surface area contributed by atoms with E-state index in [-0.39, 0.29) is 22.2 Å². The quantitative estimate of drug-likeness (QED) is 0.110. The highest BCUT2D eigenvalue weighted by atomic mass is 32.2. The van der Waals surface area contributed by atoms with Crippen LogP contribution in [0.25, 0.3) is 0 Å². The smallest absolute Gasteiger partial charge is 0.356 e. The summed E-state index contributed by atoms with van der Waals surface area (Å²) >= 11 is 5.13. The number of nitrogens with two attached hydrogens (primary N) is 1. The molecule has 2 aliphatic rings. The maximum absolute atomic E-state index is 14.1. The maximum Gasteiger partial charge on any atom is 0.356 e. The third kappa shape index (κ3) is 6.06. The van der Waals surface area contributed by atoms with E-state index in [0.29, 0.717) is 15.0 Å². The van der Waals surface area contributed by atoms with Crippen molar-refractivity contribution in [3.8, 4) is 0 Å². The molecule has 12 nitrogen and oxygen atoms in total. The zero-order valence-corrected chi connectivity index (χ0v) is 26.1. The molecule has 0 saturated carbocycles. The Morgan fingerprint density at radius 3 is 2.41 bits per heavy atom. The second kappa shape index (κ2) is 13.2. The van der Waals surface area contributed by atoms with E-state index >= 15 is 0 Å². The number of ether oxygens (including phenoxy) is 1. The van der Waals surface area contributed by atoms with Crippen LogP contribution in [0.15, 0.2) is 91.7 Å². The molecule has 2 aromatic carbocycles. The van der Waals surface area contributed by atoms with Crippen LogP contribution < -0.4 is 11.1 Å². The molecular weight excluding hydrogens is 643 g/mol. The van der Waals surface area contributed by atoms with Gasteiger partial charge in [-0.3, -0.25) is 14.5 Å². The number of thioether (sulfide) groups is 2. The minimum absolute atomic E-state index is 0.111. The van der Waals surface area contributed by atoms with Gasteiger partial charge < -0.3 is 20.6 Å². The fourth-order valence-electron chi connectivity index (χ4n) is 4.62. The lowest BCUT2D eigenvalue weighted by atomic mass is 10.0. The molecule has 44 heavy (non-hydrogen) atoms. The van der Waals surface area contributed by atoms with Crippen LogP contribution >= 0.6 is 46.2 Å². The van der Waals surface area contributed by atoms with Crippen molar-refractivity contribution < 1.29 is 24.0 Å². The minimum Gasteiger partial charge on any atom is -0.448 e. The Morgan fingerprint density at radius 2 is 1.82 bits per heavy atom. The highest BCUT2D eigenvalue weighted by Crippen LogP contribution is 2.46. The van der Waals surface area contributed by atoms with E-state index in [1.807, 2.05) is 60.7 Å². The standard InChI is InChI=1S/C28H23N7O5S4/c1-39-34-19(17-12-42-27(29)31-17)23(36)32-20-24(37)35-21(18(13-41-25(20)35)44-28-33-30-14-43-28)26(38)40-22(15-8-4-2-5-9-15)16-10-6-3-7-11-16/h2-12,14,20,22,25H,13H2,1H3,(H2,29,31)(H,32,36)/b34-19-/t20-,25-/m1/s1. The van der Waals surface area contributed by atoms with Gasteiger partial charge in [-0.1, -0.05) is 88.9 Å². The van der Waals surface area contributed by atoms with Gasteiger partial charge in [-0.05, 0) is 11.1 Å².